The molecule has 0 amide bonds. The van der Waals surface area contributed by atoms with Crippen molar-refractivity contribution >= 4 is 5.95 Å². The summed E-state index contributed by atoms with van der Waals surface area (Å²) in [6.45, 7) is 2.00. The number of rotatable bonds is 5. The van der Waals surface area contributed by atoms with Crippen molar-refractivity contribution in [1.82, 2.24) is 19.5 Å². The van der Waals surface area contributed by atoms with E-state index >= 15 is 0 Å². The minimum atomic E-state index is 0.0577. The summed E-state index contributed by atoms with van der Waals surface area (Å²) in [5.74, 6) is 0.739. The van der Waals surface area contributed by atoms with Gasteiger partial charge in [-0.1, -0.05) is 30.3 Å². The topological polar surface area (TPSA) is 56.1 Å². The number of benzene rings is 1. The van der Waals surface area contributed by atoms with E-state index in [1.165, 1.54) is 11.3 Å². The van der Waals surface area contributed by atoms with Gasteiger partial charge in [0, 0.05) is 32.4 Å². The maximum absolute atomic E-state index is 6.05. The van der Waals surface area contributed by atoms with Gasteiger partial charge in [-0.3, -0.25) is 0 Å². The van der Waals surface area contributed by atoms with Gasteiger partial charge in [-0.05, 0) is 11.6 Å². The maximum atomic E-state index is 6.05. The van der Waals surface area contributed by atoms with Crippen LogP contribution in [0.5, 0.6) is 0 Å². The summed E-state index contributed by atoms with van der Waals surface area (Å²) in [4.78, 5) is 15.6. The van der Waals surface area contributed by atoms with E-state index in [0.717, 1.165) is 24.6 Å². The lowest BCUT2D eigenvalue weighted by atomic mass is 10.0. The summed E-state index contributed by atoms with van der Waals surface area (Å²) in [7, 11) is 2.03. The molecule has 0 fully saturated rings. The molecule has 1 aliphatic heterocycles. The Labute approximate surface area is 147 Å². The van der Waals surface area contributed by atoms with Crippen molar-refractivity contribution in [2.45, 2.75) is 19.1 Å². The predicted octanol–water partition coefficient (Wildman–Crippen LogP) is 2.53. The minimum Gasteiger partial charge on any atom is -0.374 e. The number of fused-ring (bicyclic) bond motifs is 1. The number of ether oxygens (including phenoxy) is 1. The molecule has 0 spiro atoms. The molecule has 128 valence electrons. The minimum absolute atomic E-state index is 0.0577. The molecule has 3 aromatic rings. The summed E-state index contributed by atoms with van der Waals surface area (Å²) in [6, 6.07) is 12.1. The zero-order chi connectivity index (χ0) is 17.1. The highest BCUT2D eigenvalue weighted by molar-refractivity contribution is 5.39. The Morgan fingerprint density at radius 3 is 2.68 bits per heavy atom. The van der Waals surface area contributed by atoms with E-state index in [2.05, 4.69) is 36.6 Å². The van der Waals surface area contributed by atoms with Crippen LogP contribution >= 0.6 is 0 Å². The van der Waals surface area contributed by atoms with Crippen LogP contribution in [0.2, 0.25) is 0 Å². The Morgan fingerprint density at radius 2 is 1.88 bits per heavy atom. The summed E-state index contributed by atoms with van der Waals surface area (Å²) in [5, 5.41) is 0. The first-order valence-electron chi connectivity index (χ1n) is 8.48. The molecule has 1 aliphatic rings. The number of aryl methyl sites for hydroxylation is 1. The van der Waals surface area contributed by atoms with E-state index < -0.39 is 0 Å². The van der Waals surface area contributed by atoms with E-state index in [4.69, 9.17) is 4.74 Å². The number of nitrogens with zero attached hydrogens (tertiary/aromatic N) is 5. The van der Waals surface area contributed by atoms with Gasteiger partial charge in [0.1, 0.15) is 0 Å². The largest absolute Gasteiger partial charge is 0.374 e. The zero-order valence-corrected chi connectivity index (χ0v) is 14.2. The van der Waals surface area contributed by atoms with Crippen LogP contribution in [-0.4, -0.2) is 32.7 Å². The molecule has 2 aromatic heterocycles. The van der Waals surface area contributed by atoms with Gasteiger partial charge in [0.05, 0.1) is 37.0 Å². The Kier molecular flexibility index (Phi) is 4.43. The molecular formula is C19H21N5O. The smallest absolute Gasteiger partial charge is 0.225 e. The normalized spacial score (nSPS) is 16.7. The third-order valence-corrected chi connectivity index (χ3v) is 4.54. The fourth-order valence-electron chi connectivity index (χ4n) is 3.35. The van der Waals surface area contributed by atoms with Gasteiger partial charge >= 0.3 is 0 Å². The average molecular weight is 335 g/mol. The van der Waals surface area contributed by atoms with Gasteiger partial charge in [-0.25, -0.2) is 15.0 Å². The van der Waals surface area contributed by atoms with Crippen LogP contribution in [-0.2, 0) is 24.8 Å². The van der Waals surface area contributed by atoms with Crippen LogP contribution < -0.4 is 4.90 Å². The molecule has 6 heteroatoms. The van der Waals surface area contributed by atoms with Crippen molar-refractivity contribution in [2.75, 3.05) is 18.1 Å². The SMILES string of the molecule is Cn1cnc2c1C(COCc1ccccc1)N(c1ncccn1)CC2. The van der Waals surface area contributed by atoms with Crippen LogP contribution in [0.25, 0.3) is 0 Å². The summed E-state index contributed by atoms with van der Waals surface area (Å²) < 4.78 is 8.14. The molecule has 6 nitrogen and oxygen atoms in total. The molecule has 0 bridgehead atoms. The number of hydrogen-bond acceptors (Lipinski definition) is 5. The molecule has 3 heterocycles. The molecule has 0 N–H and O–H groups in total. The lowest BCUT2D eigenvalue weighted by molar-refractivity contribution is 0.102. The fourth-order valence-corrected chi connectivity index (χ4v) is 3.35. The highest BCUT2D eigenvalue weighted by Gasteiger charge is 2.32. The number of anilines is 1. The molecule has 0 saturated heterocycles. The number of hydrogen-bond donors (Lipinski definition) is 0. The summed E-state index contributed by atoms with van der Waals surface area (Å²) in [6.07, 6.45) is 6.33. The molecule has 0 aliphatic carbocycles. The third-order valence-electron chi connectivity index (χ3n) is 4.54. The summed E-state index contributed by atoms with van der Waals surface area (Å²) >= 11 is 0. The van der Waals surface area contributed by atoms with E-state index in [-0.39, 0.29) is 6.04 Å². The standard InChI is InChI=1S/C19H21N5O/c1-23-14-22-16-8-11-24(19-20-9-5-10-21-19)17(18(16)23)13-25-12-15-6-3-2-4-7-15/h2-7,9-10,14,17H,8,11-13H2,1H3. The molecule has 25 heavy (non-hydrogen) atoms. The van der Waals surface area contributed by atoms with E-state index in [9.17, 15) is 0 Å². The van der Waals surface area contributed by atoms with E-state index in [1.807, 2.05) is 37.6 Å². The first-order chi connectivity index (χ1) is 12.3. The zero-order valence-electron chi connectivity index (χ0n) is 14.2. The molecule has 0 saturated carbocycles. The Morgan fingerprint density at radius 1 is 1.08 bits per heavy atom. The molecule has 1 unspecified atom stereocenters. The predicted molar refractivity (Wildman–Crippen MR) is 95.1 cm³/mol. The van der Waals surface area contributed by atoms with Crippen LogP contribution in [0.3, 0.4) is 0 Å². The lowest BCUT2D eigenvalue weighted by Gasteiger charge is -2.35. The van der Waals surface area contributed by atoms with E-state index in [1.54, 1.807) is 12.4 Å². The van der Waals surface area contributed by atoms with Gasteiger partial charge < -0.3 is 14.2 Å². The van der Waals surface area contributed by atoms with Crippen molar-refractivity contribution in [1.29, 1.82) is 0 Å². The number of aromatic nitrogens is 4. The molecule has 4 rings (SSSR count). The molecule has 1 atom stereocenters. The van der Waals surface area contributed by atoms with Crippen molar-refractivity contribution in [3.63, 3.8) is 0 Å². The van der Waals surface area contributed by atoms with Crippen LogP contribution in [0.1, 0.15) is 23.0 Å². The number of imidazole rings is 1. The van der Waals surface area contributed by atoms with Gasteiger partial charge in [0.2, 0.25) is 5.95 Å². The lowest BCUT2D eigenvalue weighted by Crippen LogP contribution is -2.40. The Balaban J connectivity index is 1.56. The second-order valence-corrected chi connectivity index (χ2v) is 6.20. The van der Waals surface area contributed by atoms with Crippen molar-refractivity contribution in [3.05, 3.63) is 72.1 Å². The van der Waals surface area contributed by atoms with Gasteiger partial charge in [0.15, 0.2) is 0 Å². The molecule has 1 aromatic carbocycles. The van der Waals surface area contributed by atoms with Crippen molar-refractivity contribution in [2.24, 2.45) is 7.05 Å². The van der Waals surface area contributed by atoms with Crippen LogP contribution in [0, 0.1) is 0 Å². The van der Waals surface area contributed by atoms with Crippen LogP contribution in [0.4, 0.5) is 5.95 Å². The van der Waals surface area contributed by atoms with Gasteiger partial charge in [0.25, 0.3) is 0 Å². The van der Waals surface area contributed by atoms with Gasteiger partial charge in [-0.2, -0.15) is 0 Å². The highest BCUT2D eigenvalue weighted by atomic mass is 16.5. The maximum Gasteiger partial charge on any atom is 0.225 e. The van der Waals surface area contributed by atoms with Gasteiger partial charge in [-0.15, -0.1) is 0 Å². The first-order valence-corrected chi connectivity index (χ1v) is 8.48. The quantitative estimate of drug-likeness (QED) is 0.717. The third kappa shape index (κ3) is 3.25. The Hall–Kier alpha value is -2.73. The molecular weight excluding hydrogens is 314 g/mol. The van der Waals surface area contributed by atoms with Crippen molar-refractivity contribution < 1.29 is 4.74 Å². The highest BCUT2D eigenvalue weighted by Crippen LogP contribution is 2.31. The average Bonchev–Trinajstić information content (AvgIpc) is 3.05. The molecule has 0 radical (unpaired) electrons. The first kappa shape index (κ1) is 15.8. The van der Waals surface area contributed by atoms with E-state index in [0.29, 0.717) is 13.2 Å². The fraction of sp³-hybridized carbons (Fsp3) is 0.316. The second kappa shape index (κ2) is 7.03. The summed E-state index contributed by atoms with van der Waals surface area (Å²) in [5.41, 5.74) is 3.50. The van der Waals surface area contributed by atoms with Crippen LogP contribution in [0.15, 0.2) is 55.1 Å². The monoisotopic (exact) mass is 335 g/mol. The Bertz CT molecular complexity index is 818. The second-order valence-electron chi connectivity index (χ2n) is 6.20. The van der Waals surface area contributed by atoms with Crippen molar-refractivity contribution in [3.8, 4) is 0 Å².